The highest BCUT2D eigenvalue weighted by Crippen LogP contribution is 2.26. The fraction of sp³-hybridized carbons (Fsp3) is 0.400. The van der Waals surface area contributed by atoms with Gasteiger partial charge < -0.3 is 9.64 Å². The quantitative estimate of drug-likeness (QED) is 0.458. The molecule has 2 heterocycles. The second kappa shape index (κ2) is 11.3. The smallest absolute Gasteiger partial charge is 0.233 e. The van der Waals surface area contributed by atoms with Crippen LogP contribution in [-0.2, 0) is 22.5 Å². The van der Waals surface area contributed by atoms with Crippen molar-refractivity contribution >= 4 is 17.7 Å². The minimum absolute atomic E-state index is 0.177. The highest BCUT2D eigenvalue weighted by molar-refractivity contribution is 7.99. The van der Waals surface area contributed by atoms with Crippen LogP contribution in [0, 0.1) is 5.92 Å². The third kappa shape index (κ3) is 5.78. The molecule has 0 radical (unpaired) electrons. The number of carbonyl (C=O) groups excluding carboxylic acids is 1. The predicted molar refractivity (Wildman–Crippen MR) is 128 cm³/mol. The van der Waals surface area contributed by atoms with E-state index in [1.807, 2.05) is 39.8 Å². The second-order valence-electron chi connectivity index (χ2n) is 8.12. The number of hydrogen-bond donors (Lipinski definition) is 0. The first kappa shape index (κ1) is 22.6. The third-order valence-corrected chi connectivity index (χ3v) is 6.88. The molecule has 2 aromatic carbocycles. The zero-order valence-corrected chi connectivity index (χ0v) is 19.3. The van der Waals surface area contributed by atoms with Crippen molar-refractivity contribution in [2.24, 2.45) is 5.92 Å². The number of hydrogen-bond acceptors (Lipinski definition) is 5. The Kier molecular flexibility index (Phi) is 7.96. The van der Waals surface area contributed by atoms with E-state index in [4.69, 9.17) is 4.74 Å². The summed E-state index contributed by atoms with van der Waals surface area (Å²) in [7, 11) is 1.68. The molecule has 1 aromatic heterocycles. The van der Waals surface area contributed by atoms with Crippen molar-refractivity contribution in [1.29, 1.82) is 0 Å². The van der Waals surface area contributed by atoms with Crippen LogP contribution in [0.25, 0.3) is 11.4 Å². The van der Waals surface area contributed by atoms with E-state index in [0.717, 1.165) is 48.9 Å². The normalized spacial score (nSPS) is 14.6. The molecule has 32 heavy (non-hydrogen) atoms. The Hall–Kier alpha value is -2.64. The standard InChI is InChI=1S/C25H30N4O2S/c1-31-17-16-29-24(22-10-6-3-7-11-22)26-27-25(29)32-19-23(30)28-14-12-21(13-15-28)18-20-8-4-2-5-9-20/h2-11,21H,12-19H2,1H3. The number of thioether (sulfide) groups is 1. The highest BCUT2D eigenvalue weighted by atomic mass is 32.2. The Labute approximate surface area is 194 Å². The zero-order chi connectivity index (χ0) is 22.2. The summed E-state index contributed by atoms with van der Waals surface area (Å²) >= 11 is 1.46. The van der Waals surface area contributed by atoms with Crippen LogP contribution in [0.3, 0.4) is 0 Å². The molecule has 0 unspecified atom stereocenters. The first-order valence-electron chi connectivity index (χ1n) is 11.2. The number of amides is 1. The summed E-state index contributed by atoms with van der Waals surface area (Å²) in [5.74, 6) is 2.01. The van der Waals surface area contributed by atoms with Gasteiger partial charge in [0.2, 0.25) is 5.91 Å². The van der Waals surface area contributed by atoms with Crippen molar-refractivity contribution in [3.8, 4) is 11.4 Å². The van der Waals surface area contributed by atoms with Gasteiger partial charge in [0.25, 0.3) is 0 Å². The lowest BCUT2D eigenvalue weighted by atomic mass is 9.90. The number of aromatic nitrogens is 3. The molecule has 1 amide bonds. The highest BCUT2D eigenvalue weighted by Gasteiger charge is 2.24. The summed E-state index contributed by atoms with van der Waals surface area (Å²) in [4.78, 5) is 14.9. The van der Waals surface area contributed by atoms with E-state index in [2.05, 4.69) is 40.5 Å². The zero-order valence-electron chi connectivity index (χ0n) is 18.5. The van der Waals surface area contributed by atoms with E-state index in [9.17, 15) is 4.79 Å². The van der Waals surface area contributed by atoms with Crippen LogP contribution in [0.4, 0.5) is 0 Å². The van der Waals surface area contributed by atoms with Crippen molar-refractivity contribution in [3.63, 3.8) is 0 Å². The van der Waals surface area contributed by atoms with Crippen molar-refractivity contribution in [1.82, 2.24) is 19.7 Å². The van der Waals surface area contributed by atoms with Gasteiger partial charge in [0.15, 0.2) is 11.0 Å². The van der Waals surface area contributed by atoms with Gasteiger partial charge in [-0.1, -0.05) is 72.4 Å². The second-order valence-corrected chi connectivity index (χ2v) is 9.06. The molecule has 168 valence electrons. The fourth-order valence-electron chi connectivity index (χ4n) is 4.13. The molecule has 1 fully saturated rings. The summed E-state index contributed by atoms with van der Waals surface area (Å²) in [6.45, 7) is 2.88. The van der Waals surface area contributed by atoms with Crippen LogP contribution in [0.5, 0.6) is 0 Å². The van der Waals surface area contributed by atoms with E-state index in [-0.39, 0.29) is 5.91 Å². The molecule has 7 heteroatoms. The van der Waals surface area contributed by atoms with Gasteiger partial charge in [-0.3, -0.25) is 9.36 Å². The molecular weight excluding hydrogens is 420 g/mol. The molecule has 0 spiro atoms. The number of ether oxygens (including phenoxy) is 1. The van der Waals surface area contributed by atoms with Crippen LogP contribution < -0.4 is 0 Å². The summed E-state index contributed by atoms with van der Waals surface area (Å²) in [5, 5.41) is 9.52. The minimum Gasteiger partial charge on any atom is -0.383 e. The molecule has 3 aromatic rings. The number of nitrogens with zero attached hydrogens (tertiary/aromatic N) is 4. The van der Waals surface area contributed by atoms with E-state index in [1.165, 1.54) is 17.3 Å². The Morgan fingerprint density at radius 2 is 1.72 bits per heavy atom. The predicted octanol–water partition coefficient (Wildman–Crippen LogP) is 4.16. The van der Waals surface area contributed by atoms with Crippen molar-refractivity contribution in [2.75, 3.05) is 32.6 Å². The molecule has 6 nitrogen and oxygen atoms in total. The molecular formula is C25H30N4O2S. The molecule has 4 rings (SSSR count). The Balaban J connectivity index is 1.32. The maximum Gasteiger partial charge on any atom is 0.233 e. The molecule has 0 atom stereocenters. The summed E-state index contributed by atoms with van der Waals surface area (Å²) < 4.78 is 7.32. The summed E-state index contributed by atoms with van der Waals surface area (Å²) in [5.41, 5.74) is 2.40. The Morgan fingerprint density at radius 3 is 2.41 bits per heavy atom. The lowest BCUT2D eigenvalue weighted by molar-refractivity contribution is -0.129. The fourth-order valence-corrected chi connectivity index (χ4v) is 5.00. The largest absolute Gasteiger partial charge is 0.383 e. The maximum atomic E-state index is 12.9. The van der Waals surface area contributed by atoms with E-state index in [1.54, 1.807) is 7.11 Å². The van der Waals surface area contributed by atoms with Crippen LogP contribution in [0.2, 0.25) is 0 Å². The number of methoxy groups -OCH3 is 1. The first-order chi connectivity index (χ1) is 15.7. The lowest BCUT2D eigenvalue weighted by Crippen LogP contribution is -2.39. The average Bonchev–Trinajstić information content (AvgIpc) is 3.25. The molecule has 1 saturated heterocycles. The van der Waals surface area contributed by atoms with Gasteiger partial charge in [0, 0.05) is 25.8 Å². The molecule has 1 aliphatic rings. The van der Waals surface area contributed by atoms with Gasteiger partial charge in [-0.05, 0) is 30.7 Å². The molecule has 0 saturated carbocycles. The van der Waals surface area contributed by atoms with Crippen LogP contribution in [0.15, 0.2) is 65.8 Å². The van der Waals surface area contributed by atoms with Crippen LogP contribution in [0.1, 0.15) is 18.4 Å². The van der Waals surface area contributed by atoms with Gasteiger partial charge in [0.05, 0.1) is 18.9 Å². The van der Waals surface area contributed by atoms with E-state index in [0.29, 0.717) is 24.8 Å². The number of likely N-dealkylation sites (tertiary alicyclic amines) is 1. The van der Waals surface area contributed by atoms with Gasteiger partial charge >= 0.3 is 0 Å². The molecule has 0 bridgehead atoms. The van der Waals surface area contributed by atoms with Crippen molar-refractivity contribution < 1.29 is 9.53 Å². The van der Waals surface area contributed by atoms with Crippen molar-refractivity contribution in [3.05, 3.63) is 66.2 Å². The van der Waals surface area contributed by atoms with E-state index >= 15 is 0 Å². The number of rotatable bonds is 9. The van der Waals surface area contributed by atoms with Crippen molar-refractivity contribution in [2.45, 2.75) is 31.0 Å². The molecule has 1 aliphatic heterocycles. The van der Waals surface area contributed by atoms with Gasteiger partial charge in [-0.25, -0.2) is 0 Å². The Morgan fingerprint density at radius 1 is 1.03 bits per heavy atom. The average molecular weight is 451 g/mol. The van der Waals surface area contributed by atoms with Crippen LogP contribution in [-0.4, -0.2) is 58.1 Å². The van der Waals surface area contributed by atoms with E-state index < -0.39 is 0 Å². The third-order valence-electron chi connectivity index (χ3n) is 5.93. The Bertz CT molecular complexity index is 986. The number of piperidine rings is 1. The summed E-state index contributed by atoms with van der Waals surface area (Å²) in [6, 6.07) is 20.6. The monoisotopic (exact) mass is 450 g/mol. The SMILES string of the molecule is COCCn1c(SCC(=O)N2CCC(Cc3ccccc3)CC2)nnc1-c1ccccc1. The number of benzene rings is 2. The topological polar surface area (TPSA) is 60.2 Å². The maximum absolute atomic E-state index is 12.9. The lowest BCUT2D eigenvalue weighted by Gasteiger charge is -2.32. The summed E-state index contributed by atoms with van der Waals surface area (Å²) in [6.07, 6.45) is 3.23. The van der Waals surface area contributed by atoms with Crippen LogP contribution >= 0.6 is 11.8 Å². The number of carbonyl (C=O) groups is 1. The minimum atomic E-state index is 0.177. The van der Waals surface area contributed by atoms with Gasteiger partial charge in [0.1, 0.15) is 0 Å². The molecule has 0 N–H and O–H groups in total. The van der Waals surface area contributed by atoms with Gasteiger partial charge in [-0.15, -0.1) is 10.2 Å². The molecule has 0 aliphatic carbocycles. The van der Waals surface area contributed by atoms with Gasteiger partial charge in [-0.2, -0.15) is 0 Å². The first-order valence-corrected chi connectivity index (χ1v) is 12.1.